The number of carbonyl (C=O) groups excluding carboxylic acids is 2. The van der Waals surface area contributed by atoms with Crippen molar-refractivity contribution < 1.29 is 14.3 Å². The highest BCUT2D eigenvalue weighted by molar-refractivity contribution is 7.16. The molecule has 0 fully saturated rings. The van der Waals surface area contributed by atoms with Gasteiger partial charge in [-0.2, -0.15) is 0 Å². The summed E-state index contributed by atoms with van der Waals surface area (Å²) in [5.41, 5.74) is 3.91. The standard InChI is InChI=1S/C21H23N3O3S/c1-3-27-21(26)24-10-9-15-16(12-24)28-20-17(15)19(25)22-18(23-20)13(2)11-14-7-5-4-6-8-14/h4-8,11,18,23H,3,9-10,12H2,1-2H3,(H,22,25)/b13-11+. The van der Waals surface area contributed by atoms with Crippen LogP contribution in [0, 0.1) is 0 Å². The molecule has 0 radical (unpaired) electrons. The lowest BCUT2D eigenvalue weighted by Gasteiger charge is -2.28. The maximum Gasteiger partial charge on any atom is 0.410 e. The summed E-state index contributed by atoms with van der Waals surface area (Å²) in [5.74, 6) is -0.0540. The number of rotatable bonds is 3. The zero-order valence-corrected chi connectivity index (χ0v) is 16.8. The first kappa shape index (κ1) is 18.6. The summed E-state index contributed by atoms with van der Waals surface area (Å²) >= 11 is 1.56. The van der Waals surface area contributed by atoms with Gasteiger partial charge in [-0.1, -0.05) is 36.4 Å². The molecule has 1 aromatic heterocycles. The van der Waals surface area contributed by atoms with E-state index in [1.165, 1.54) is 0 Å². The molecule has 6 nitrogen and oxygen atoms in total. The number of ether oxygens (including phenoxy) is 1. The second-order valence-electron chi connectivity index (χ2n) is 6.93. The van der Waals surface area contributed by atoms with Crippen LogP contribution in [0.2, 0.25) is 0 Å². The van der Waals surface area contributed by atoms with Crippen LogP contribution in [0.3, 0.4) is 0 Å². The van der Waals surface area contributed by atoms with Crippen LogP contribution in [0.4, 0.5) is 9.80 Å². The molecule has 2 aliphatic rings. The van der Waals surface area contributed by atoms with Crippen LogP contribution >= 0.6 is 11.3 Å². The molecule has 0 spiro atoms. The number of hydrogen-bond acceptors (Lipinski definition) is 5. The number of fused-ring (bicyclic) bond motifs is 3. The third-order valence-electron chi connectivity index (χ3n) is 5.01. The van der Waals surface area contributed by atoms with Crippen LogP contribution in [0.5, 0.6) is 0 Å². The van der Waals surface area contributed by atoms with Gasteiger partial charge in [0.1, 0.15) is 11.2 Å². The molecule has 1 unspecified atom stereocenters. The van der Waals surface area contributed by atoms with Gasteiger partial charge in [0.15, 0.2) is 0 Å². The van der Waals surface area contributed by atoms with Gasteiger partial charge in [-0.15, -0.1) is 11.3 Å². The van der Waals surface area contributed by atoms with E-state index in [0.29, 0.717) is 26.1 Å². The first-order chi connectivity index (χ1) is 13.6. The minimum atomic E-state index is -0.295. The maximum atomic E-state index is 12.8. The lowest BCUT2D eigenvalue weighted by Crippen LogP contribution is -2.45. The number of benzene rings is 1. The monoisotopic (exact) mass is 397 g/mol. The van der Waals surface area contributed by atoms with Crippen LogP contribution in [-0.4, -0.2) is 36.2 Å². The summed E-state index contributed by atoms with van der Waals surface area (Å²) in [5, 5.41) is 7.40. The number of thiophene rings is 1. The van der Waals surface area contributed by atoms with Crippen LogP contribution in [0.15, 0.2) is 35.9 Å². The molecule has 2 N–H and O–H groups in total. The first-order valence-corrected chi connectivity index (χ1v) is 10.3. The molecule has 7 heteroatoms. The highest BCUT2D eigenvalue weighted by atomic mass is 32.1. The molecule has 2 amide bonds. The highest BCUT2D eigenvalue weighted by Crippen LogP contribution is 2.39. The minimum Gasteiger partial charge on any atom is -0.450 e. The van der Waals surface area contributed by atoms with Crippen molar-refractivity contribution in [3.63, 3.8) is 0 Å². The number of amides is 2. The Morgan fingerprint density at radius 1 is 1.32 bits per heavy atom. The average molecular weight is 398 g/mol. The average Bonchev–Trinajstić information content (AvgIpc) is 3.07. The van der Waals surface area contributed by atoms with E-state index in [4.69, 9.17) is 4.74 Å². The Hall–Kier alpha value is -2.80. The largest absolute Gasteiger partial charge is 0.450 e. The topological polar surface area (TPSA) is 70.7 Å². The van der Waals surface area contributed by atoms with E-state index >= 15 is 0 Å². The van der Waals surface area contributed by atoms with Crippen molar-refractivity contribution in [2.75, 3.05) is 18.5 Å². The van der Waals surface area contributed by atoms with E-state index in [1.54, 1.807) is 23.2 Å². The fourth-order valence-corrected chi connectivity index (χ4v) is 4.90. The molecule has 146 valence electrons. The number of carbonyl (C=O) groups is 2. The fraction of sp³-hybridized carbons (Fsp3) is 0.333. The van der Waals surface area contributed by atoms with Crippen molar-refractivity contribution in [2.45, 2.75) is 33.0 Å². The van der Waals surface area contributed by atoms with E-state index in [9.17, 15) is 9.59 Å². The van der Waals surface area contributed by atoms with E-state index in [0.717, 1.165) is 32.1 Å². The fourth-order valence-electron chi connectivity index (χ4n) is 3.61. The molecule has 28 heavy (non-hydrogen) atoms. The van der Waals surface area contributed by atoms with Gasteiger partial charge >= 0.3 is 6.09 Å². The Morgan fingerprint density at radius 3 is 2.86 bits per heavy atom. The Kier molecular flexibility index (Phi) is 5.09. The van der Waals surface area contributed by atoms with Crippen LogP contribution < -0.4 is 10.6 Å². The van der Waals surface area contributed by atoms with Crippen LogP contribution in [0.1, 0.15) is 40.2 Å². The predicted molar refractivity (Wildman–Crippen MR) is 110 cm³/mol. The summed E-state index contributed by atoms with van der Waals surface area (Å²) in [6.45, 7) is 5.23. The Balaban J connectivity index is 1.56. The van der Waals surface area contributed by atoms with Crippen LogP contribution in [-0.2, 0) is 17.7 Å². The molecular weight excluding hydrogens is 374 g/mol. The maximum absolute atomic E-state index is 12.8. The summed E-state index contributed by atoms with van der Waals surface area (Å²) in [6, 6.07) is 10.0. The van der Waals surface area contributed by atoms with E-state index < -0.39 is 0 Å². The third-order valence-corrected chi connectivity index (χ3v) is 6.16. The van der Waals surface area contributed by atoms with Crippen molar-refractivity contribution in [2.24, 2.45) is 0 Å². The predicted octanol–water partition coefficient (Wildman–Crippen LogP) is 3.85. The van der Waals surface area contributed by atoms with Gasteiger partial charge in [-0.25, -0.2) is 4.79 Å². The molecule has 3 heterocycles. The van der Waals surface area contributed by atoms with Gasteiger partial charge in [0, 0.05) is 11.4 Å². The second kappa shape index (κ2) is 7.67. The number of anilines is 1. The van der Waals surface area contributed by atoms with Gasteiger partial charge in [0.25, 0.3) is 5.91 Å². The van der Waals surface area contributed by atoms with E-state index in [1.807, 2.05) is 37.3 Å². The van der Waals surface area contributed by atoms with Crippen molar-refractivity contribution in [3.8, 4) is 0 Å². The van der Waals surface area contributed by atoms with Gasteiger partial charge in [0.05, 0.1) is 18.7 Å². The Morgan fingerprint density at radius 2 is 2.11 bits per heavy atom. The quantitative estimate of drug-likeness (QED) is 0.825. The lowest BCUT2D eigenvalue weighted by molar-refractivity contribution is 0.0940. The summed E-state index contributed by atoms with van der Waals surface area (Å²) in [6.07, 6.45) is 2.19. The van der Waals surface area contributed by atoms with Crippen molar-refractivity contribution >= 4 is 34.4 Å². The van der Waals surface area contributed by atoms with Crippen molar-refractivity contribution in [1.29, 1.82) is 0 Å². The Bertz CT molecular complexity index is 936. The summed E-state index contributed by atoms with van der Waals surface area (Å²) in [7, 11) is 0. The molecule has 0 saturated heterocycles. The molecule has 1 aromatic carbocycles. The second-order valence-corrected chi connectivity index (χ2v) is 8.03. The van der Waals surface area contributed by atoms with E-state index in [2.05, 4.69) is 16.7 Å². The molecule has 4 rings (SSSR count). The van der Waals surface area contributed by atoms with Gasteiger partial charge in [-0.3, -0.25) is 4.79 Å². The molecule has 1 atom stereocenters. The van der Waals surface area contributed by atoms with Crippen molar-refractivity contribution in [1.82, 2.24) is 10.2 Å². The SMILES string of the molecule is CCOC(=O)N1CCc2c(sc3c2C(=O)NC(/C(C)=C/c2ccccc2)N3)C1. The normalized spacial score (nSPS) is 18.6. The smallest absolute Gasteiger partial charge is 0.410 e. The number of nitrogens with one attached hydrogen (secondary N) is 2. The zero-order valence-electron chi connectivity index (χ0n) is 16.0. The van der Waals surface area contributed by atoms with Gasteiger partial charge < -0.3 is 20.3 Å². The highest BCUT2D eigenvalue weighted by Gasteiger charge is 2.34. The summed E-state index contributed by atoms with van der Waals surface area (Å²) in [4.78, 5) is 27.6. The molecule has 2 aromatic rings. The number of nitrogens with zero attached hydrogens (tertiary/aromatic N) is 1. The van der Waals surface area contributed by atoms with Crippen molar-refractivity contribution in [3.05, 3.63) is 57.5 Å². The molecule has 0 bridgehead atoms. The number of hydrogen-bond donors (Lipinski definition) is 2. The van der Waals surface area contributed by atoms with E-state index in [-0.39, 0.29) is 18.2 Å². The van der Waals surface area contributed by atoms with Gasteiger partial charge in [0.2, 0.25) is 0 Å². The summed E-state index contributed by atoms with van der Waals surface area (Å²) < 4.78 is 5.11. The van der Waals surface area contributed by atoms with Crippen LogP contribution in [0.25, 0.3) is 6.08 Å². The molecular formula is C21H23N3O3S. The molecule has 0 aliphatic carbocycles. The zero-order chi connectivity index (χ0) is 19.7. The lowest BCUT2D eigenvalue weighted by atomic mass is 10.0. The van der Waals surface area contributed by atoms with Gasteiger partial charge in [-0.05, 0) is 37.0 Å². The third kappa shape index (κ3) is 3.49. The minimum absolute atomic E-state index is 0.0540. The molecule has 2 aliphatic heterocycles. The Labute approximate surface area is 168 Å². The first-order valence-electron chi connectivity index (χ1n) is 9.43. The molecule has 0 saturated carbocycles.